The molecule has 0 spiro atoms. The zero-order valence-corrected chi connectivity index (χ0v) is 15.9. The van der Waals surface area contributed by atoms with Crippen LogP contribution in [-0.2, 0) is 6.54 Å². The van der Waals surface area contributed by atoms with Gasteiger partial charge < -0.3 is 5.32 Å². The van der Waals surface area contributed by atoms with E-state index in [9.17, 15) is 9.59 Å². The van der Waals surface area contributed by atoms with E-state index in [1.54, 1.807) is 59.7 Å². The number of thiophene rings is 1. The molecule has 4 aromatic heterocycles. The molecule has 0 aliphatic rings. The number of rotatable bonds is 5. The summed E-state index contributed by atoms with van der Waals surface area (Å²) in [6.45, 7) is 0.235. The molecule has 0 bridgehead atoms. The minimum absolute atomic E-state index is 0.159. The van der Waals surface area contributed by atoms with E-state index in [4.69, 9.17) is 11.6 Å². The average molecular weight is 413 g/mol. The lowest BCUT2D eigenvalue weighted by Gasteiger charge is -2.05. The molecule has 0 atom stereocenters. The van der Waals surface area contributed by atoms with Crippen molar-refractivity contribution in [3.8, 4) is 11.5 Å². The normalized spacial score (nSPS) is 10.8. The molecule has 0 fully saturated rings. The van der Waals surface area contributed by atoms with E-state index in [-0.39, 0.29) is 18.0 Å². The summed E-state index contributed by atoms with van der Waals surface area (Å²) in [6, 6.07) is 11.8. The molecule has 4 aromatic rings. The molecule has 28 heavy (non-hydrogen) atoms. The molecule has 0 aliphatic heterocycles. The molecule has 140 valence electrons. The molecular weight excluding hydrogens is 400 g/mol. The summed E-state index contributed by atoms with van der Waals surface area (Å²) in [7, 11) is 0. The molecule has 1 amide bonds. The number of amides is 1. The quantitative estimate of drug-likeness (QED) is 0.543. The van der Waals surface area contributed by atoms with Gasteiger partial charge in [-0.2, -0.15) is 0 Å². The predicted molar refractivity (Wildman–Crippen MR) is 105 cm³/mol. The highest BCUT2D eigenvalue weighted by atomic mass is 35.5. The van der Waals surface area contributed by atoms with Gasteiger partial charge in [-0.05, 0) is 30.3 Å². The first-order valence-electron chi connectivity index (χ1n) is 8.19. The van der Waals surface area contributed by atoms with Crippen LogP contribution in [0.25, 0.3) is 11.5 Å². The van der Waals surface area contributed by atoms with Crippen LogP contribution < -0.4 is 10.9 Å². The van der Waals surface area contributed by atoms with E-state index >= 15 is 0 Å². The minimum Gasteiger partial charge on any atom is -0.346 e. The third-order valence-electron chi connectivity index (χ3n) is 3.83. The Morgan fingerprint density at radius 1 is 1.18 bits per heavy atom. The third kappa shape index (κ3) is 3.85. The molecule has 0 saturated carbocycles. The molecular formula is C18H13ClN6O2S. The largest absolute Gasteiger partial charge is 0.346 e. The molecule has 0 radical (unpaired) electrons. The van der Waals surface area contributed by atoms with Crippen molar-refractivity contribution in [1.82, 2.24) is 29.9 Å². The van der Waals surface area contributed by atoms with E-state index in [0.717, 1.165) is 0 Å². The first-order chi connectivity index (χ1) is 13.6. The topological polar surface area (TPSA) is 94.7 Å². The highest BCUT2D eigenvalue weighted by Gasteiger charge is 2.10. The van der Waals surface area contributed by atoms with Crippen molar-refractivity contribution >= 4 is 28.8 Å². The number of hydrogen-bond donors (Lipinski definition) is 1. The molecule has 4 heterocycles. The Morgan fingerprint density at radius 2 is 2.07 bits per heavy atom. The molecule has 0 aromatic carbocycles. The third-order valence-corrected chi connectivity index (χ3v) is 5.06. The van der Waals surface area contributed by atoms with Crippen LogP contribution >= 0.6 is 22.9 Å². The number of pyridine rings is 2. The van der Waals surface area contributed by atoms with Crippen molar-refractivity contribution in [2.75, 3.05) is 0 Å². The summed E-state index contributed by atoms with van der Waals surface area (Å²) >= 11 is 7.05. The number of aromatic nitrogens is 5. The van der Waals surface area contributed by atoms with Gasteiger partial charge in [-0.25, -0.2) is 9.67 Å². The Hall–Kier alpha value is -3.30. The van der Waals surface area contributed by atoms with Gasteiger partial charge in [0.1, 0.15) is 11.5 Å². The maximum atomic E-state index is 12.1. The standard InChI is InChI=1S/C18H13ClN6O2S/c19-15-6-5-14(28-15)18(27)21-9-12-11-25(23-22-12)13-4-7-16(20-10-13)24-8-2-1-3-17(24)26/h1-8,10-11H,9H2,(H,21,27). The molecule has 0 unspecified atom stereocenters. The van der Waals surface area contributed by atoms with E-state index < -0.39 is 0 Å². The smallest absolute Gasteiger partial charge is 0.261 e. The van der Waals surface area contributed by atoms with Crippen LogP contribution in [0.3, 0.4) is 0 Å². The van der Waals surface area contributed by atoms with Gasteiger partial charge in [-0.3, -0.25) is 14.2 Å². The Bertz CT molecular complexity index is 1180. The zero-order valence-electron chi connectivity index (χ0n) is 14.3. The van der Waals surface area contributed by atoms with Crippen LogP contribution in [-0.4, -0.2) is 30.5 Å². The average Bonchev–Trinajstić information content (AvgIpc) is 3.36. The fourth-order valence-corrected chi connectivity index (χ4v) is 3.43. The maximum absolute atomic E-state index is 12.1. The van der Waals surface area contributed by atoms with E-state index in [1.807, 2.05) is 0 Å². The number of carbonyl (C=O) groups is 1. The van der Waals surface area contributed by atoms with Gasteiger partial charge in [0.05, 0.1) is 33.8 Å². The summed E-state index contributed by atoms with van der Waals surface area (Å²) in [5.41, 5.74) is 1.12. The second kappa shape index (κ2) is 7.75. The van der Waals surface area contributed by atoms with Gasteiger partial charge in [0.25, 0.3) is 11.5 Å². The van der Waals surface area contributed by atoms with Crippen molar-refractivity contribution < 1.29 is 4.79 Å². The summed E-state index contributed by atoms with van der Waals surface area (Å²) in [5.74, 6) is 0.294. The van der Waals surface area contributed by atoms with E-state index in [2.05, 4.69) is 20.6 Å². The van der Waals surface area contributed by atoms with Crippen LogP contribution in [0, 0.1) is 0 Å². The number of halogens is 1. The molecule has 0 saturated heterocycles. The summed E-state index contributed by atoms with van der Waals surface area (Å²) < 4.78 is 3.56. The van der Waals surface area contributed by atoms with Crippen LogP contribution in [0.5, 0.6) is 0 Å². The fraction of sp³-hybridized carbons (Fsp3) is 0.0556. The van der Waals surface area contributed by atoms with Crippen LogP contribution in [0.1, 0.15) is 15.4 Å². The van der Waals surface area contributed by atoms with Gasteiger partial charge in [-0.1, -0.05) is 22.9 Å². The lowest BCUT2D eigenvalue weighted by atomic mass is 10.3. The van der Waals surface area contributed by atoms with Gasteiger partial charge in [-0.15, -0.1) is 16.4 Å². The Kier molecular flexibility index (Phi) is 5.00. The van der Waals surface area contributed by atoms with Gasteiger partial charge in [0.2, 0.25) is 0 Å². The fourth-order valence-electron chi connectivity index (χ4n) is 2.47. The molecule has 8 nitrogen and oxygen atoms in total. The van der Waals surface area contributed by atoms with Crippen molar-refractivity contribution in [2.24, 2.45) is 0 Å². The minimum atomic E-state index is -0.217. The lowest BCUT2D eigenvalue weighted by Crippen LogP contribution is -2.21. The lowest BCUT2D eigenvalue weighted by molar-refractivity contribution is 0.0954. The summed E-state index contributed by atoms with van der Waals surface area (Å²) in [6.07, 6.45) is 4.95. The molecule has 1 N–H and O–H groups in total. The van der Waals surface area contributed by atoms with Crippen molar-refractivity contribution in [1.29, 1.82) is 0 Å². The molecule has 0 aliphatic carbocycles. The first kappa shape index (κ1) is 18.1. The second-order valence-corrected chi connectivity index (χ2v) is 7.44. The van der Waals surface area contributed by atoms with E-state index in [0.29, 0.717) is 26.4 Å². The maximum Gasteiger partial charge on any atom is 0.261 e. The van der Waals surface area contributed by atoms with Gasteiger partial charge in [0.15, 0.2) is 0 Å². The SMILES string of the molecule is O=C(NCc1cn(-c2ccc(-n3ccccc3=O)nc2)nn1)c1ccc(Cl)s1. The number of nitrogens with zero attached hydrogens (tertiary/aromatic N) is 5. The van der Waals surface area contributed by atoms with Crippen LogP contribution in [0.2, 0.25) is 4.34 Å². The number of nitrogens with one attached hydrogen (secondary N) is 1. The molecule has 10 heteroatoms. The highest BCUT2D eigenvalue weighted by Crippen LogP contribution is 2.21. The van der Waals surface area contributed by atoms with Crippen LogP contribution in [0.15, 0.2) is 65.8 Å². The van der Waals surface area contributed by atoms with Crippen LogP contribution in [0.4, 0.5) is 0 Å². The number of carbonyl (C=O) groups excluding carboxylic acids is 1. The summed E-state index contributed by atoms with van der Waals surface area (Å²) in [4.78, 5) is 28.8. The monoisotopic (exact) mass is 412 g/mol. The summed E-state index contributed by atoms with van der Waals surface area (Å²) in [5, 5.41) is 10.9. The Labute approximate surface area is 168 Å². The number of hydrogen-bond acceptors (Lipinski definition) is 6. The Morgan fingerprint density at radius 3 is 2.79 bits per heavy atom. The molecule has 4 rings (SSSR count). The van der Waals surface area contributed by atoms with Crippen molar-refractivity contribution in [3.63, 3.8) is 0 Å². The highest BCUT2D eigenvalue weighted by molar-refractivity contribution is 7.17. The Balaban J connectivity index is 1.45. The van der Waals surface area contributed by atoms with Crippen molar-refractivity contribution in [2.45, 2.75) is 6.54 Å². The van der Waals surface area contributed by atoms with Gasteiger partial charge in [0, 0.05) is 12.3 Å². The van der Waals surface area contributed by atoms with Crippen molar-refractivity contribution in [3.05, 3.63) is 86.3 Å². The second-order valence-electron chi connectivity index (χ2n) is 5.72. The first-order valence-corrected chi connectivity index (χ1v) is 9.39. The van der Waals surface area contributed by atoms with Gasteiger partial charge >= 0.3 is 0 Å². The zero-order chi connectivity index (χ0) is 19.5. The predicted octanol–water partition coefficient (Wildman–Crippen LogP) is 2.46. The van der Waals surface area contributed by atoms with E-state index in [1.165, 1.54) is 22.0 Å².